The number of amides is 1. The summed E-state index contributed by atoms with van der Waals surface area (Å²) in [6.07, 6.45) is -0.918. The summed E-state index contributed by atoms with van der Waals surface area (Å²) in [6.45, 7) is 5.16. The van der Waals surface area contributed by atoms with E-state index in [1.807, 2.05) is 0 Å². The van der Waals surface area contributed by atoms with E-state index in [4.69, 9.17) is 4.74 Å². The molecule has 0 atom stereocenters. The Morgan fingerprint density at radius 3 is 2.67 bits per heavy atom. The highest BCUT2D eigenvalue weighted by Crippen LogP contribution is 2.31. The lowest BCUT2D eigenvalue weighted by Gasteiger charge is -2.19. The van der Waals surface area contributed by atoms with Crippen molar-refractivity contribution < 1.29 is 19.0 Å². The summed E-state index contributed by atoms with van der Waals surface area (Å²) in [5.74, 6) is -2.09. The molecule has 1 amide bonds. The zero-order valence-electron chi connectivity index (χ0n) is 11.8. The predicted molar refractivity (Wildman–Crippen MR) is 75.1 cm³/mol. The van der Waals surface area contributed by atoms with Crippen LogP contribution in [0.2, 0.25) is 0 Å². The van der Waals surface area contributed by atoms with Gasteiger partial charge < -0.3 is 20.1 Å². The van der Waals surface area contributed by atoms with Gasteiger partial charge in [-0.1, -0.05) is 6.07 Å². The molecular formula is C14H15FN2O4. The van der Waals surface area contributed by atoms with Crippen molar-refractivity contribution in [3.8, 4) is 11.5 Å². The first-order valence-corrected chi connectivity index (χ1v) is 6.22. The topological polar surface area (TPSA) is 91.4 Å². The molecule has 0 unspecified atom stereocenters. The third-order valence-electron chi connectivity index (χ3n) is 2.59. The van der Waals surface area contributed by atoms with Gasteiger partial charge in [0.05, 0.1) is 10.9 Å². The van der Waals surface area contributed by atoms with Gasteiger partial charge in [-0.05, 0) is 32.9 Å². The Balaban J connectivity index is 2.48. The number of halogens is 1. The third-order valence-corrected chi connectivity index (χ3v) is 2.59. The van der Waals surface area contributed by atoms with E-state index < -0.39 is 34.5 Å². The van der Waals surface area contributed by atoms with Gasteiger partial charge >= 0.3 is 6.09 Å². The van der Waals surface area contributed by atoms with Gasteiger partial charge in [0.25, 0.3) is 5.56 Å². The maximum atomic E-state index is 13.7. The molecule has 1 heterocycles. The van der Waals surface area contributed by atoms with Crippen LogP contribution in [0, 0.1) is 5.82 Å². The van der Waals surface area contributed by atoms with Gasteiger partial charge in [0, 0.05) is 5.54 Å². The molecule has 0 spiro atoms. The molecule has 0 saturated carbocycles. The summed E-state index contributed by atoms with van der Waals surface area (Å²) in [4.78, 5) is 25.8. The molecule has 0 radical (unpaired) electrons. The molecule has 6 nitrogen and oxygen atoms in total. The number of hydrogen-bond acceptors (Lipinski definition) is 4. The minimum atomic E-state index is -0.918. The maximum absolute atomic E-state index is 13.7. The lowest BCUT2D eigenvalue weighted by Crippen LogP contribution is -2.42. The van der Waals surface area contributed by atoms with Crippen LogP contribution >= 0.6 is 0 Å². The number of ether oxygens (including phenoxy) is 1. The molecule has 3 N–H and O–H groups in total. The molecule has 7 heteroatoms. The van der Waals surface area contributed by atoms with Crippen molar-refractivity contribution in [1.29, 1.82) is 0 Å². The summed E-state index contributed by atoms with van der Waals surface area (Å²) in [6, 6.07) is 3.94. The fraction of sp³-hybridized carbons (Fsp3) is 0.286. The van der Waals surface area contributed by atoms with Gasteiger partial charge in [-0.2, -0.15) is 0 Å². The number of aromatic amines is 1. The highest BCUT2D eigenvalue weighted by atomic mass is 19.1. The van der Waals surface area contributed by atoms with Crippen LogP contribution in [0.4, 0.5) is 9.18 Å². The largest absolute Gasteiger partial charge is 0.504 e. The van der Waals surface area contributed by atoms with Crippen LogP contribution in [0.3, 0.4) is 0 Å². The lowest BCUT2D eigenvalue weighted by atomic mass is 10.1. The number of H-pyrrole nitrogens is 1. The number of aromatic hydroxyl groups is 1. The van der Waals surface area contributed by atoms with Crippen LogP contribution in [0.1, 0.15) is 20.8 Å². The number of aromatic nitrogens is 1. The van der Waals surface area contributed by atoms with E-state index in [1.165, 1.54) is 12.1 Å². The number of nitrogens with one attached hydrogen (secondary N) is 2. The Hall–Kier alpha value is -2.57. The van der Waals surface area contributed by atoms with Crippen molar-refractivity contribution in [1.82, 2.24) is 10.3 Å². The SMILES string of the molecule is CC(C)(C)NC(=O)Oc1c(O)c2c(F)cccc2[nH]c1=O. The van der Waals surface area contributed by atoms with Crippen molar-refractivity contribution in [2.75, 3.05) is 0 Å². The molecule has 1 aromatic heterocycles. The van der Waals surface area contributed by atoms with E-state index >= 15 is 0 Å². The number of pyridine rings is 1. The molecule has 21 heavy (non-hydrogen) atoms. The number of rotatable bonds is 1. The Morgan fingerprint density at radius 1 is 1.38 bits per heavy atom. The van der Waals surface area contributed by atoms with Crippen LogP contribution in [0.5, 0.6) is 11.5 Å². The fourth-order valence-electron chi connectivity index (χ4n) is 1.79. The van der Waals surface area contributed by atoms with Crippen molar-refractivity contribution in [3.05, 3.63) is 34.4 Å². The highest BCUT2D eigenvalue weighted by molar-refractivity contribution is 5.88. The highest BCUT2D eigenvalue weighted by Gasteiger charge is 2.21. The van der Waals surface area contributed by atoms with Gasteiger partial charge in [-0.25, -0.2) is 9.18 Å². The average Bonchev–Trinajstić information content (AvgIpc) is 2.32. The second-order valence-corrected chi connectivity index (χ2v) is 5.56. The Bertz CT molecular complexity index is 762. The Morgan fingerprint density at radius 2 is 2.05 bits per heavy atom. The first-order valence-electron chi connectivity index (χ1n) is 6.22. The summed E-state index contributed by atoms with van der Waals surface area (Å²) in [5, 5.41) is 12.2. The van der Waals surface area contributed by atoms with Crippen molar-refractivity contribution in [2.24, 2.45) is 0 Å². The zero-order valence-corrected chi connectivity index (χ0v) is 11.8. The second kappa shape index (κ2) is 5.08. The Labute approximate surface area is 119 Å². The van der Waals surface area contributed by atoms with Gasteiger partial charge in [-0.3, -0.25) is 4.79 Å². The molecule has 112 valence electrons. The smallest absolute Gasteiger partial charge is 0.413 e. The minimum Gasteiger partial charge on any atom is -0.504 e. The molecule has 0 bridgehead atoms. The van der Waals surface area contributed by atoms with Gasteiger partial charge in [-0.15, -0.1) is 0 Å². The number of carbonyl (C=O) groups excluding carboxylic acids is 1. The molecule has 0 aliphatic carbocycles. The normalized spacial score (nSPS) is 11.4. The average molecular weight is 294 g/mol. The van der Waals surface area contributed by atoms with Crippen molar-refractivity contribution in [2.45, 2.75) is 26.3 Å². The van der Waals surface area contributed by atoms with Crippen LogP contribution in [0.25, 0.3) is 10.9 Å². The molecule has 0 aliphatic heterocycles. The summed E-state index contributed by atoms with van der Waals surface area (Å²) < 4.78 is 18.5. The number of hydrogen-bond donors (Lipinski definition) is 3. The Kier molecular flexibility index (Phi) is 3.59. The maximum Gasteiger partial charge on any atom is 0.413 e. The summed E-state index contributed by atoms with van der Waals surface area (Å²) in [5.41, 5.74) is -1.29. The van der Waals surface area contributed by atoms with Gasteiger partial charge in [0.15, 0.2) is 5.75 Å². The molecule has 0 aliphatic rings. The number of benzene rings is 1. The number of fused-ring (bicyclic) bond motifs is 1. The molecule has 0 fully saturated rings. The van der Waals surface area contributed by atoms with Crippen LogP contribution < -0.4 is 15.6 Å². The van der Waals surface area contributed by atoms with E-state index in [9.17, 15) is 19.1 Å². The van der Waals surface area contributed by atoms with E-state index in [0.29, 0.717) is 0 Å². The molecule has 2 aromatic rings. The molecular weight excluding hydrogens is 279 g/mol. The minimum absolute atomic E-state index is 0.112. The number of carbonyl (C=O) groups is 1. The first kappa shape index (κ1) is 14.8. The fourth-order valence-corrected chi connectivity index (χ4v) is 1.79. The monoisotopic (exact) mass is 294 g/mol. The second-order valence-electron chi connectivity index (χ2n) is 5.56. The molecule has 2 rings (SSSR count). The van der Waals surface area contributed by atoms with Crippen molar-refractivity contribution in [3.63, 3.8) is 0 Å². The first-order chi connectivity index (χ1) is 9.69. The standard InChI is InChI=1S/C14H15FN2O4/c1-14(2,3)17-13(20)21-11-10(18)9-7(15)5-4-6-8(9)16-12(11)19/h4-6H,1-3H3,(H,17,20)(H2,16,18,19). The quantitative estimate of drug-likeness (QED) is 0.752. The predicted octanol–water partition coefficient (Wildman–Crippen LogP) is 2.26. The van der Waals surface area contributed by atoms with Crippen molar-refractivity contribution >= 4 is 17.0 Å². The zero-order chi connectivity index (χ0) is 15.8. The van der Waals surface area contributed by atoms with Gasteiger partial charge in [0.1, 0.15) is 5.82 Å². The molecule has 0 saturated heterocycles. The summed E-state index contributed by atoms with van der Waals surface area (Å²) >= 11 is 0. The van der Waals surface area contributed by atoms with Crippen LogP contribution in [-0.4, -0.2) is 21.7 Å². The van der Waals surface area contributed by atoms with E-state index in [2.05, 4.69) is 10.3 Å². The van der Waals surface area contributed by atoms with Gasteiger partial charge in [0.2, 0.25) is 5.75 Å². The van der Waals surface area contributed by atoms with Crippen LogP contribution in [-0.2, 0) is 0 Å². The van der Waals surface area contributed by atoms with E-state index in [-0.39, 0.29) is 10.9 Å². The van der Waals surface area contributed by atoms with Crippen LogP contribution in [0.15, 0.2) is 23.0 Å². The van der Waals surface area contributed by atoms with E-state index in [1.54, 1.807) is 20.8 Å². The third kappa shape index (κ3) is 3.13. The lowest BCUT2D eigenvalue weighted by molar-refractivity contribution is 0.188. The summed E-state index contributed by atoms with van der Waals surface area (Å²) in [7, 11) is 0. The molecule has 1 aromatic carbocycles. The van der Waals surface area contributed by atoms with E-state index in [0.717, 1.165) is 6.07 Å².